The molecule has 0 fully saturated rings. The summed E-state index contributed by atoms with van der Waals surface area (Å²) in [7, 11) is -0.737. The molecule has 1 rings (SSSR count). The first-order chi connectivity index (χ1) is 6.86. The van der Waals surface area contributed by atoms with Gasteiger partial charge in [0.15, 0.2) is 0 Å². The Balaban J connectivity index is 3.21. The third-order valence-corrected chi connectivity index (χ3v) is 1.83. The van der Waals surface area contributed by atoms with Gasteiger partial charge in [0.05, 0.1) is 12.7 Å². The van der Waals surface area contributed by atoms with Crippen molar-refractivity contribution < 1.29 is 28.0 Å². The third-order valence-electron chi connectivity index (χ3n) is 1.83. The molecule has 1 aromatic carbocycles. The van der Waals surface area contributed by atoms with Crippen LogP contribution in [0.3, 0.4) is 0 Å². The number of ether oxygens (including phenoxy) is 1. The van der Waals surface area contributed by atoms with Crippen LogP contribution < -0.4 is 10.2 Å². The molecule has 0 atom stereocenters. The summed E-state index contributed by atoms with van der Waals surface area (Å²) in [6.07, 6.45) is -4.52. The number of halogens is 3. The van der Waals surface area contributed by atoms with Gasteiger partial charge in [-0.3, -0.25) is 0 Å². The summed E-state index contributed by atoms with van der Waals surface area (Å²) in [6, 6.07) is 2.66. The highest BCUT2D eigenvalue weighted by Gasteiger charge is 2.34. The van der Waals surface area contributed by atoms with Crippen molar-refractivity contribution in [3.63, 3.8) is 0 Å². The molecule has 0 spiro atoms. The minimum absolute atomic E-state index is 0.0557. The normalized spacial score (nSPS) is 11.3. The van der Waals surface area contributed by atoms with Crippen LogP contribution >= 0.6 is 0 Å². The maximum atomic E-state index is 12.4. The molecule has 2 N–H and O–H groups in total. The number of rotatable bonds is 2. The largest absolute Gasteiger partial charge is 0.496 e. The average Bonchev–Trinajstić information content (AvgIpc) is 2.15. The molecule has 0 saturated carbocycles. The van der Waals surface area contributed by atoms with E-state index in [4.69, 9.17) is 10.0 Å². The van der Waals surface area contributed by atoms with E-state index >= 15 is 0 Å². The number of alkyl halides is 3. The number of hydrogen-bond acceptors (Lipinski definition) is 3. The molecule has 7 heteroatoms. The first-order valence-electron chi connectivity index (χ1n) is 3.97. The van der Waals surface area contributed by atoms with E-state index in [9.17, 15) is 13.2 Å². The molecular weight excluding hydrogens is 212 g/mol. The van der Waals surface area contributed by atoms with Crippen molar-refractivity contribution >= 4 is 12.6 Å². The lowest BCUT2D eigenvalue weighted by Crippen LogP contribution is -2.30. The van der Waals surface area contributed by atoms with Crippen LogP contribution in [0.1, 0.15) is 5.56 Å². The Hall–Kier alpha value is -1.21. The first-order valence-corrected chi connectivity index (χ1v) is 3.97. The first kappa shape index (κ1) is 11.9. The van der Waals surface area contributed by atoms with E-state index in [2.05, 4.69) is 4.74 Å². The molecule has 0 aliphatic carbocycles. The smallest absolute Gasteiger partial charge is 0.488 e. The van der Waals surface area contributed by atoms with Gasteiger partial charge in [-0.05, 0) is 17.6 Å². The molecule has 1 aromatic rings. The fraction of sp³-hybridized carbons (Fsp3) is 0.250. The summed E-state index contributed by atoms with van der Waals surface area (Å²) >= 11 is 0. The maximum Gasteiger partial charge on any atom is 0.488 e. The van der Waals surface area contributed by atoms with Crippen molar-refractivity contribution in [2.24, 2.45) is 0 Å². The fourth-order valence-corrected chi connectivity index (χ4v) is 1.10. The second-order valence-corrected chi connectivity index (χ2v) is 2.83. The molecular formula is C8H8BF3O3. The van der Waals surface area contributed by atoms with Gasteiger partial charge in [-0.1, -0.05) is 6.07 Å². The van der Waals surface area contributed by atoms with Gasteiger partial charge in [-0.15, -0.1) is 0 Å². The van der Waals surface area contributed by atoms with E-state index in [1.807, 2.05) is 0 Å². The Bertz CT molecular complexity index is 351. The predicted molar refractivity (Wildman–Crippen MR) is 47.8 cm³/mol. The van der Waals surface area contributed by atoms with Gasteiger partial charge in [-0.25, -0.2) is 0 Å². The van der Waals surface area contributed by atoms with E-state index in [1.54, 1.807) is 0 Å². The molecule has 0 aliphatic rings. The Labute approximate surface area is 84.3 Å². The number of benzene rings is 1. The van der Waals surface area contributed by atoms with E-state index in [0.29, 0.717) is 0 Å². The van der Waals surface area contributed by atoms with Crippen molar-refractivity contribution in [3.8, 4) is 5.75 Å². The van der Waals surface area contributed by atoms with Crippen LogP contribution in [-0.4, -0.2) is 24.3 Å². The van der Waals surface area contributed by atoms with Gasteiger partial charge >= 0.3 is 13.3 Å². The maximum absolute atomic E-state index is 12.4. The van der Waals surface area contributed by atoms with Crippen molar-refractivity contribution in [2.75, 3.05) is 7.11 Å². The van der Waals surface area contributed by atoms with Crippen LogP contribution in [0.25, 0.3) is 0 Å². The minimum atomic E-state index is -4.52. The summed E-state index contributed by atoms with van der Waals surface area (Å²) in [6.45, 7) is 0. The fourth-order valence-electron chi connectivity index (χ4n) is 1.10. The lowest BCUT2D eigenvalue weighted by molar-refractivity contribution is -0.138. The van der Waals surface area contributed by atoms with Crippen molar-refractivity contribution in [1.82, 2.24) is 0 Å². The van der Waals surface area contributed by atoms with Crippen LogP contribution in [-0.2, 0) is 6.18 Å². The standard InChI is InChI=1S/C8H8BF3O3/c1-15-7-4-5(9(13)14)2-3-6(7)8(10,11)12/h2-4,13-14H,1H3. The summed E-state index contributed by atoms with van der Waals surface area (Å²) in [4.78, 5) is 0. The van der Waals surface area contributed by atoms with Gasteiger partial charge in [0.1, 0.15) is 5.75 Å². The van der Waals surface area contributed by atoms with E-state index in [-0.39, 0.29) is 5.46 Å². The van der Waals surface area contributed by atoms with Crippen LogP contribution in [0.15, 0.2) is 18.2 Å². The number of hydrogen-bond donors (Lipinski definition) is 2. The summed E-state index contributed by atoms with van der Waals surface area (Å²) in [5.74, 6) is -0.437. The molecule has 0 radical (unpaired) electrons. The van der Waals surface area contributed by atoms with Crippen LogP contribution in [0.4, 0.5) is 13.2 Å². The van der Waals surface area contributed by atoms with Gasteiger partial charge in [0.2, 0.25) is 0 Å². The van der Waals surface area contributed by atoms with Crippen molar-refractivity contribution in [3.05, 3.63) is 23.8 Å². The monoisotopic (exact) mass is 220 g/mol. The minimum Gasteiger partial charge on any atom is -0.496 e. The van der Waals surface area contributed by atoms with Crippen molar-refractivity contribution in [1.29, 1.82) is 0 Å². The Morgan fingerprint density at radius 2 is 1.87 bits per heavy atom. The van der Waals surface area contributed by atoms with Gasteiger partial charge in [-0.2, -0.15) is 13.2 Å². The zero-order valence-electron chi connectivity index (χ0n) is 7.75. The Kier molecular flexibility index (Phi) is 3.26. The van der Waals surface area contributed by atoms with E-state index in [0.717, 1.165) is 25.3 Å². The molecule has 3 nitrogen and oxygen atoms in total. The summed E-state index contributed by atoms with van der Waals surface area (Å²) in [5, 5.41) is 17.5. The molecule has 0 unspecified atom stereocenters. The molecule has 15 heavy (non-hydrogen) atoms. The quantitative estimate of drug-likeness (QED) is 0.709. The lowest BCUT2D eigenvalue weighted by Gasteiger charge is -2.12. The highest BCUT2D eigenvalue weighted by Crippen LogP contribution is 2.35. The Morgan fingerprint density at radius 1 is 1.27 bits per heavy atom. The molecule has 82 valence electrons. The average molecular weight is 220 g/mol. The zero-order valence-corrected chi connectivity index (χ0v) is 7.75. The van der Waals surface area contributed by atoms with Crippen molar-refractivity contribution in [2.45, 2.75) is 6.18 Å². The van der Waals surface area contributed by atoms with Crippen LogP contribution in [0.5, 0.6) is 5.75 Å². The van der Waals surface area contributed by atoms with E-state index < -0.39 is 24.6 Å². The van der Waals surface area contributed by atoms with Crippen LogP contribution in [0.2, 0.25) is 0 Å². The molecule has 0 aliphatic heterocycles. The topological polar surface area (TPSA) is 49.7 Å². The van der Waals surface area contributed by atoms with Crippen LogP contribution in [0, 0.1) is 0 Å². The highest BCUT2D eigenvalue weighted by atomic mass is 19.4. The van der Waals surface area contributed by atoms with Gasteiger partial charge in [0.25, 0.3) is 0 Å². The molecule has 0 bridgehead atoms. The van der Waals surface area contributed by atoms with E-state index in [1.165, 1.54) is 0 Å². The molecule has 0 saturated heterocycles. The molecule has 0 heterocycles. The highest BCUT2D eigenvalue weighted by molar-refractivity contribution is 6.58. The third kappa shape index (κ3) is 2.63. The second kappa shape index (κ2) is 4.12. The van der Waals surface area contributed by atoms with Gasteiger partial charge in [0, 0.05) is 0 Å². The summed E-state index contributed by atoms with van der Waals surface area (Å²) in [5.41, 5.74) is -1.01. The second-order valence-electron chi connectivity index (χ2n) is 2.83. The van der Waals surface area contributed by atoms with Gasteiger partial charge < -0.3 is 14.8 Å². The SMILES string of the molecule is COc1cc(B(O)O)ccc1C(F)(F)F. The Morgan fingerprint density at radius 3 is 2.27 bits per heavy atom. The molecule has 0 amide bonds. The predicted octanol–water partition coefficient (Wildman–Crippen LogP) is 0.394. The number of methoxy groups -OCH3 is 1. The lowest BCUT2D eigenvalue weighted by atomic mass is 9.80. The zero-order chi connectivity index (χ0) is 11.6. The summed E-state index contributed by atoms with van der Waals surface area (Å²) < 4.78 is 41.6. The molecule has 0 aromatic heterocycles.